The quantitative estimate of drug-likeness (QED) is 0.373. The number of ether oxygens (including phenoxy) is 2. The smallest absolute Gasteiger partial charge is 0.339 e. The van der Waals surface area contributed by atoms with Crippen molar-refractivity contribution in [2.75, 3.05) is 13.2 Å². The van der Waals surface area contributed by atoms with E-state index in [1.807, 2.05) is 0 Å². The summed E-state index contributed by atoms with van der Waals surface area (Å²) in [4.78, 5) is 40.9. The number of pyridine rings is 2. The first-order chi connectivity index (χ1) is 13.2. The average Bonchev–Trinajstić information content (AvgIpc) is 2.64. The van der Waals surface area contributed by atoms with E-state index in [0.717, 1.165) is 0 Å². The standard InChI is InChI=1S/C10H10ClNO3.C8H7Cl2NO2/c1-3-15-10(14)7-4-8(11)9(6(2)13)12-5-7;1-2-13-8(12)5-3-6(9)7(10)11-4-5/h4-5H,3H2,1-2H3;3-4H,2H2,1H3. The summed E-state index contributed by atoms with van der Waals surface area (Å²) in [7, 11) is 0. The average molecular weight is 448 g/mol. The van der Waals surface area contributed by atoms with Crippen LogP contribution >= 0.6 is 34.8 Å². The van der Waals surface area contributed by atoms with Crippen LogP contribution in [0.25, 0.3) is 0 Å². The topological polar surface area (TPSA) is 95.5 Å². The first-order valence-electron chi connectivity index (χ1n) is 8.02. The maximum Gasteiger partial charge on any atom is 0.339 e. The van der Waals surface area contributed by atoms with Crippen LogP contribution in [0.5, 0.6) is 0 Å². The number of carbonyl (C=O) groups excluding carboxylic acids is 3. The number of hydrogen-bond acceptors (Lipinski definition) is 7. The number of nitrogens with zero attached hydrogens (tertiary/aromatic N) is 2. The minimum atomic E-state index is -0.498. The number of halogens is 3. The normalized spacial score (nSPS) is 9.79. The first kappa shape index (κ1) is 23.8. The van der Waals surface area contributed by atoms with Gasteiger partial charge in [-0.2, -0.15) is 0 Å². The molecule has 150 valence electrons. The molecule has 28 heavy (non-hydrogen) atoms. The lowest BCUT2D eigenvalue weighted by Crippen LogP contribution is -2.07. The van der Waals surface area contributed by atoms with Gasteiger partial charge in [-0.15, -0.1) is 0 Å². The number of esters is 2. The predicted octanol–water partition coefficient (Wildman–Crippen LogP) is 4.68. The SMILES string of the molecule is CCOC(=O)c1cnc(C(C)=O)c(Cl)c1.CCOC(=O)c1cnc(Cl)c(Cl)c1. The molecule has 0 aliphatic heterocycles. The molecule has 0 amide bonds. The van der Waals surface area contributed by atoms with Crippen LogP contribution in [0, 0.1) is 0 Å². The van der Waals surface area contributed by atoms with E-state index in [1.165, 1.54) is 31.5 Å². The van der Waals surface area contributed by atoms with Crippen molar-refractivity contribution >= 4 is 52.5 Å². The highest BCUT2D eigenvalue weighted by Crippen LogP contribution is 2.20. The summed E-state index contributed by atoms with van der Waals surface area (Å²) in [5.41, 5.74) is 0.702. The van der Waals surface area contributed by atoms with Crippen LogP contribution in [0.2, 0.25) is 15.2 Å². The summed E-state index contributed by atoms with van der Waals surface area (Å²) in [6, 6.07) is 2.80. The summed E-state index contributed by atoms with van der Waals surface area (Å²) < 4.78 is 9.50. The van der Waals surface area contributed by atoms with Gasteiger partial charge in [-0.25, -0.2) is 14.6 Å². The predicted molar refractivity (Wildman–Crippen MR) is 105 cm³/mol. The molecule has 0 bridgehead atoms. The molecule has 2 heterocycles. The lowest BCUT2D eigenvalue weighted by atomic mass is 10.2. The van der Waals surface area contributed by atoms with Crippen LogP contribution < -0.4 is 0 Å². The number of rotatable bonds is 5. The number of hydrogen-bond donors (Lipinski definition) is 0. The molecule has 2 aromatic rings. The van der Waals surface area contributed by atoms with Crippen LogP contribution in [0.1, 0.15) is 52.0 Å². The molecule has 0 aliphatic carbocycles. The van der Waals surface area contributed by atoms with Crippen LogP contribution in [-0.4, -0.2) is 40.9 Å². The molecule has 0 fully saturated rings. The molecule has 0 N–H and O–H groups in total. The molecule has 10 heteroatoms. The Kier molecular flexibility index (Phi) is 9.85. The van der Waals surface area contributed by atoms with Crippen molar-refractivity contribution < 1.29 is 23.9 Å². The van der Waals surface area contributed by atoms with Gasteiger partial charge in [0.1, 0.15) is 10.8 Å². The Labute approximate surface area is 176 Å². The van der Waals surface area contributed by atoms with Crippen molar-refractivity contribution in [2.45, 2.75) is 20.8 Å². The molecule has 0 aromatic carbocycles. The zero-order valence-electron chi connectivity index (χ0n) is 15.3. The third-order valence-electron chi connectivity index (χ3n) is 2.99. The number of carbonyl (C=O) groups is 3. The summed E-state index contributed by atoms with van der Waals surface area (Å²) in [6.07, 6.45) is 2.60. The summed E-state index contributed by atoms with van der Waals surface area (Å²) in [6.45, 7) is 5.39. The van der Waals surface area contributed by atoms with E-state index in [2.05, 4.69) is 9.97 Å². The van der Waals surface area contributed by atoms with Crippen LogP contribution in [0.4, 0.5) is 0 Å². The molecule has 2 rings (SSSR count). The highest BCUT2D eigenvalue weighted by atomic mass is 35.5. The Morgan fingerprint density at radius 3 is 1.71 bits per heavy atom. The zero-order chi connectivity index (χ0) is 21.3. The van der Waals surface area contributed by atoms with Crippen molar-refractivity contribution in [3.63, 3.8) is 0 Å². The summed E-state index contributed by atoms with van der Waals surface area (Å²) in [5.74, 6) is -1.19. The fraction of sp³-hybridized carbons (Fsp3) is 0.278. The molecule has 2 aromatic heterocycles. The zero-order valence-corrected chi connectivity index (χ0v) is 17.6. The Morgan fingerprint density at radius 1 is 0.857 bits per heavy atom. The molecule has 0 spiro atoms. The minimum Gasteiger partial charge on any atom is -0.462 e. The second-order valence-electron chi connectivity index (χ2n) is 5.05. The van der Waals surface area contributed by atoms with Crippen molar-refractivity contribution in [3.8, 4) is 0 Å². The monoisotopic (exact) mass is 446 g/mol. The summed E-state index contributed by atoms with van der Waals surface area (Å²) in [5, 5.41) is 0.579. The lowest BCUT2D eigenvalue weighted by Gasteiger charge is -2.03. The van der Waals surface area contributed by atoms with Crippen molar-refractivity contribution in [3.05, 3.63) is 56.5 Å². The lowest BCUT2D eigenvalue weighted by molar-refractivity contribution is 0.0516. The first-order valence-corrected chi connectivity index (χ1v) is 9.16. The molecule has 0 atom stereocenters. The minimum absolute atomic E-state index is 0.157. The number of ketones is 1. The van der Waals surface area contributed by atoms with E-state index in [4.69, 9.17) is 44.3 Å². The van der Waals surface area contributed by atoms with E-state index in [9.17, 15) is 14.4 Å². The fourth-order valence-corrected chi connectivity index (χ4v) is 2.34. The number of Topliss-reactive ketones (excluding diaryl/α,β-unsaturated/α-hetero) is 1. The van der Waals surface area contributed by atoms with E-state index in [0.29, 0.717) is 12.2 Å². The van der Waals surface area contributed by atoms with Crippen molar-refractivity contribution in [1.29, 1.82) is 0 Å². The summed E-state index contributed by atoms with van der Waals surface area (Å²) >= 11 is 17.0. The van der Waals surface area contributed by atoms with E-state index >= 15 is 0 Å². The van der Waals surface area contributed by atoms with Crippen LogP contribution in [-0.2, 0) is 9.47 Å². The second kappa shape index (κ2) is 11.6. The molecule has 0 saturated heterocycles. The van der Waals surface area contributed by atoms with Crippen LogP contribution in [0.15, 0.2) is 24.5 Å². The van der Waals surface area contributed by atoms with Gasteiger partial charge in [0.2, 0.25) is 0 Å². The molecule has 7 nitrogen and oxygen atoms in total. The molecule has 0 saturated carbocycles. The highest BCUT2D eigenvalue weighted by molar-refractivity contribution is 6.41. The third-order valence-corrected chi connectivity index (χ3v) is 3.97. The van der Waals surface area contributed by atoms with Gasteiger partial charge in [0.25, 0.3) is 0 Å². The van der Waals surface area contributed by atoms with E-state index < -0.39 is 11.9 Å². The van der Waals surface area contributed by atoms with Gasteiger partial charge in [0.05, 0.1) is 34.4 Å². The Hall–Kier alpha value is -2.22. The van der Waals surface area contributed by atoms with Crippen molar-refractivity contribution in [1.82, 2.24) is 9.97 Å². The molecule has 0 unspecified atom stereocenters. The van der Waals surface area contributed by atoms with E-state index in [-0.39, 0.29) is 38.8 Å². The molecule has 0 aliphatic rings. The third kappa shape index (κ3) is 7.07. The van der Waals surface area contributed by atoms with Gasteiger partial charge in [-0.3, -0.25) is 9.78 Å². The fourth-order valence-electron chi connectivity index (χ4n) is 1.77. The van der Waals surface area contributed by atoms with Crippen molar-refractivity contribution in [2.24, 2.45) is 0 Å². The van der Waals surface area contributed by atoms with Gasteiger partial charge in [-0.05, 0) is 26.0 Å². The van der Waals surface area contributed by atoms with Gasteiger partial charge in [0.15, 0.2) is 5.78 Å². The van der Waals surface area contributed by atoms with Gasteiger partial charge < -0.3 is 9.47 Å². The molecule has 0 radical (unpaired) electrons. The molecular formula is C18H17Cl3N2O5. The maximum absolute atomic E-state index is 11.3. The Balaban J connectivity index is 0.000000283. The highest BCUT2D eigenvalue weighted by Gasteiger charge is 2.13. The maximum atomic E-state index is 11.3. The van der Waals surface area contributed by atoms with Crippen LogP contribution in [0.3, 0.4) is 0 Å². The van der Waals surface area contributed by atoms with Gasteiger partial charge in [-0.1, -0.05) is 34.8 Å². The second-order valence-corrected chi connectivity index (χ2v) is 6.22. The van der Waals surface area contributed by atoms with E-state index in [1.54, 1.807) is 13.8 Å². The Morgan fingerprint density at radius 2 is 1.32 bits per heavy atom. The largest absolute Gasteiger partial charge is 0.462 e. The molecular weight excluding hydrogens is 431 g/mol. The number of aromatic nitrogens is 2. The van der Waals surface area contributed by atoms with Gasteiger partial charge in [0, 0.05) is 19.3 Å². The van der Waals surface area contributed by atoms with Gasteiger partial charge >= 0.3 is 11.9 Å². The Bertz CT molecular complexity index is 874.